The Morgan fingerprint density at radius 2 is 2.00 bits per heavy atom. The number of hydrogen-bond acceptors (Lipinski definition) is 5. The summed E-state index contributed by atoms with van der Waals surface area (Å²) in [5, 5.41) is 0. The molecule has 0 fully saturated rings. The summed E-state index contributed by atoms with van der Waals surface area (Å²) in [7, 11) is 0. The number of hydrogen-bond donors (Lipinski definition) is 1. The number of fused-ring (bicyclic) bond motifs is 2. The van der Waals surface area contributed by atoms with Crippen molar-refractivity contribution in [2.75, 3.05) is 6.79 Å². The zero-order valence-electron chi connectivity index (χ0n) is 9.25. The number of rotatable bonds is 1. The highest BCUT2D eigenvalue weighted by Crippen LogP contribution is 2.36. The van der Waals surface area contributed by atoms with Crippen LogP contribution in [0.5, 0.6) is 11.5 Å². The van der Waals surface area contributed by atoms with E-state index in [-0.39, 0.29) is 6.79 Å². The molecule has 0 spiro atoms. The predicted molar refractivity (Wildman–Crippen MR) is 63.2 cm³/mol. The van der Waals surface area contributed by atoms with Gasteiger partial charge in [0.2, 0.25) is 6.79 Å². The predicted octanol–water partition coefficient (Wildman–Crippen LogP) is 1.75. The van der Waals surface area contributed by atoms with Crippen LogP contribution in [0, 0.1) is 0 Å². The first-order chi connectivity index (χ1) is 8.92. The molecule has 1 N–H and O–H groups in total. The second-order valence-corrected chi connectivity index (χ2v) is 3.89. The highest BCUT2D eigenvalue weighted by molar-refractivity contribution is 5.87. The van der Waals surface area contributed by atoms with Crippen molar-refractivity contribution in [3.05, 3.63) is 30.9 Å². The lowest BCUT2D eigenvalue weighted by Gasteiger charge is -2.03. The largest absolute Gasteiger partial charge is 0.454 e. The zero-order chi connectivity index (χ0) is 11.9. The Balaban J connectivity index is 1.94. The summed E-state index contributed by atoms with van der Waals surface area (Å²) in [6.07, 6.45) is 3.11. The highest BCUT2D eigenvalue weighted by Gasteiger charge is 2.16. The van der Waals surface area contributed by atoms with E-state index in [1.165, 1.54) is 6.33 Å². The van der Waals surface area contributed by atoms with Gasteiger partial charge in [-0.3, -0.25) is 0 Å². The van der Waals surface area contributed by atoms with Crippen molar-refractivity contribution in [1.82, 2.24) is 19.9 Å². The zero-order valence-corrected chi connectivity index (χ0v) is 9.25. The first-order valence-corrected chi connectivity index (χ1v) is 5.46. The van der Waals surface area contributed by atoms with E-state index in [0.717, 1.165) is 28.3 Å². The number of aromatic amines is 1. The monoisotopic (exact) mass is 240 g/mol. The molecule has 0 saturated heterocycles. The minimum Gasteiger partial charge on any atom is -0.454 e. The first kappa shape index (κ1) is 9.41. The Labute approximate surface area is 102 Å². The van der Waals surface area contributed by atoms with Gasteiger partial charge in [0, 0.05) is 5.56 Å². The molecule has 0 atom stereocenters. The molecular formula is C12H8N4O2. The van der Waals surface area contributed by atoms with Gasteiger partial charge in [-0.05, 0) is 18.2 Å². The summed E-state index contributed by atoms with van der Waals surface area (Å²) in [6, 6.07) is 5.73. The molecular weight excluding hydrogens is 232 g/mol. The van der Waals surface area contributed by atoms with Gasteiger partial charge in [-0.25, -0.2) is 15.0 Å². The maximum absolute atomic E-state index is 5.36. The lowest BCUT2D eigenvalue weighted by Crippen LogP contribution is -1.93. The minimum atomic E-state index is 0.266. The van der Waals surface area contributed by atoms with Gasteiger partial charge in [0.15, 0.2) is 17.1 Å². The van der Waals surface area contributed by atoms with Crippen molar-refractivity contribution >= 4 is 11.2 Å². The van der Waals surface area contributed by atoms with Gasteiger partial charge in [0.05, 0.1) is 12.0 Å². The van der Waals surface area contributed by atoms with Gasteiger partial charge >= 0.3 is 0 Å². The van der Waals surface area contributed by atoms with Crippen molar-refractivity contribution in [3.63, 3.8) is 0 Å². The van der Waals surface area contributed by atoms with E-state index in [9.17, 15) is 0 Å². The van der Waals surface area contributed by atoms with E-state index < -0.39 is 0 Å². The van der Waals surface area contributed by atoms with E-state index in [1.807, 2.05) is 18.2 Å². The Kier molecular flexibility index (Phi) is 1.79. The Bertz CT molecular complexity index is 738. The number of ether oxygens (including phenoxy) is 2. The van der Waals surface area contributed by atoms with Crippen molar-refractivity contribution < 1.29 is 9.47 Å². The Morgan fingerprint density at radius 1 is 1.06 bits per heavy atom. The molecule has 0 unspecified atom stereocenters. The molecule has 3 heterocycles. The van der Waals surface area contributed by atoms with Crippen LogP contribution in [0.2, 0.25) is 0 Å². The van der Waals surface area contributed by atoms with Crippen LogP contribution in [0.3, 0.4) is 0 Å². The molecule has 6 nitrogen and oxygen atoms in total. The number of nitrogens with zero attached hydrogens (tertiary/aromatic N) is 3. The fraction of sp³-hybridized carbons (Fsp3) is 0.0833. The third-order valence-electron chi connectivity index (χ3n) is 2.87. The quantitative estimate of drug-likeness (QED) is 0.701. The average molecular weight is 240 g/mol. The molecule has 88 valence electrons. The average Bonchev–Trinajstić information content (AvgIpc) is 3.05. The van der Waals surface area contributed by atoms with Crippen LogP contribution < -0.4 is 9.47 Å². The van der Waals surface area contributed by atoms with Crippen LogP contribution in [0.4, 0.5) is 0 Å². The van der Waals surface area contributed by atoms with Gasteiger partial charge in [0.25, 0.3) is 0 Å². The summed E-state index contributed by atoms with van der Waals surface area (Å²) in [4.78, 5) is 15.5. The van der Waals surface area contributed by atoms with Gasteiger partial charge < -0.3 is 14.5 Å². The van der Waals surface area contributed by atoms with Crippen LogP contribution in [0.25, 0.3) is 22.4 Å². The SMILES string of the molecule is c1nc(-c2ccc3c(c2)OCO3)c2[nH]cnc2n1. The topological polar surface area (TPSA) is 72.9 Å². The summed E-state index contributed by atoms with van der Waals surface area (Å²) in [5.74, 6) is 1.49. The Hall–Kier alpha value is -2.63. The molecule has 1 aliphatic heterocycles. The molecule has 0 aliphatic carbocycles. The third-order valence-corrected chi connectivity index (χ3v) is 2.87. The van der Waals surface area contributed by atoms with E-state index in [4.69, 9.17) is 9.47 Å². The molecule has 0 saturated carbocycles. The van der Waals surface area contributed by atoms with Crippen LogP contribution in [0.15, 0.2) is 30.9 Å². The van der Waals surface area contributed by atoms with Gasteiger partial charge in [0.1, 0.15) is 11.8 Å². The van der Waals surface area contributed by atoms with E-state index in [2.05, 4.69) is 19.9 Å². The van der Waals surface area contributed by atoms with E-state index in [0.29, 0.717) is 5.65 Å². The molecule has 1 aliphatic rings. The molecule has 1 aromatic carbocycles. The Morgan fingerprint density at radius 3 is 3.00 bits per heavy atom. The summed E-state index contributed by atoms with van der Waals surface area (Å²) in [5.41, 5.74) is 3.21. The number of benzene rings is 1. The number of aromatic nitrogens is 4. The fourth-order valence-corrected chi connectivity index (χ4v) is 2.03. The molecule has 2 aromatic heterocycles. The highest BCUT2D eigenvalue weighted by atomic mass is 16.7. The molecule has 18 heavy (non-hydrogen) atoms. The second-order valence-electron chi connectivity index (χ2n) is 3.89. The van der Waals surface area contributed by atoms with Gasteiger partial charge in [-0.15, -0.1) is 0 Å². The first-order valence-electron chi connectivity index (χ1n) is 5.46. The minimum absolute atomic E-state index is 0.266. The molecule has 3 aromatic rings. The van der Waals surface area contributed by atoms with Gasteiger partial charge in [-0.1, -0.05) is 0 Å². The van der Waals surface area contributed by atoms with Crippen LogP contribution in [-0.4, -0.2) is 26.7 Å². The normalized spacial score (nSPS) is 13.1. The standard InChI is InChI=1S/C12H8N4O2/c1-2-8-9(18-6-17-8)3-7(1)10-11-12(15-4-13-10)16-5-14-11/h1-5H,6H2,(H,13,14,15,16). The second kappa shape index (κ2) is 3.43. The van der Waals surface area contributed by atoms with Crippen molar-refractivity contribution in [2.24, 2.45) is 0 Å². The van der Waals surface area contributed by atoms with E-state index >= 15 is 0 Å². The van der Waals surface area contributed by atoms with E-state index in [1.54, 1.807) is 6.33 Å². The third kappa shape index (κ3) is 1.26. The van der Waals surface area contributed by atoms with Crippen molar-refractivity contribution in [2.45, 2.75) is 0 Å². The number of H-pyrrole nitrogens is 1. The fourth-order valence-electron chi connectivity index (χ4n) is 2.03. The molecule has 0 radical (unpaired) electrons. The van der Waals surface area contributed by atoms with Crippen molar-refractivity contribution in [1.29, 1.82) is 0 Å². The summed E-state index contributed by atoms with van der Waals surface area (Å²) < 4.78 is 10.6. The van der Waals surface area contributed by atoms with Gasteiger partial charge in [-0.2, -0.15) is 0 Å². The number of nitrogens with one attached hydrogen (secondary N) is 1. The molecule has 0 bridgehead atoms. The maximum atomic E-state index is 5.36. The molecule has 6 heteroatoms. The smallest absolute Gasteiger partial charge is 0.231 e. The summed E-state index contributed by atoms with van der Waals surface area (Å²) >= 11 is 0. The van der Waals surface area contributed by atoms with Crippen LogP contribution in [0.1, 0.15) is 0 Å². The lowest BCUT2D eigenvalue weighted by atomic mass is 10.1. The molecule has 4 rings (SSSR count). The molecule has 0 amide bonds. The van der Waals surface area contributed by atoms with Crippen LogP contribution >= 0.6 is 0 Å². The van der Waals surface area contributed by atoms with Crippen LogP contribution in [-0.2, 0) is 0 Å². The summed E-state index contributed by atoms with van der Waals surface area (Å²) in [6.45, 7) is 0.266. The lowest BCUT2D eigenvalue weighted by molar-refractivity contribution is 0.174. The number of imidazole rings is 1. The van der Waals surface area contributed by atoms with Crippen molar-refractivity contribution in [3.8, 4) is 22.8 Å². The maximum Gasteiger partial charge on any atom is 0.231 e.